The van der Waals surface area contributed by atoms with Gasteiger partial charge in [0.25, 0.3) is 0 Å². The molecule has 1 unspecified atom stereocenters. The van der Waals surface area contributed by atoms with Gasteiger partial charge in [0.15, 0.2) is 0 Å². The summed E-state index contributed by atoms with van der Waals surface area (Å²) < 4.78 is 0. The molecular weight excluding hydrogens is 295 g/mol. The topological polar surface area (TPSA) is 40.5 Å². The maximum absolute atomic E-state index is 10.2. The summed E-state index contributed by atoms with van der Waals surface area (Å²) in [7, 11) is 0. The third-order valence-electron chi connectivity index (χ3n) is 3.35. The lowest BCUT2D eigenvalue weighted by Crippen LogP contribution is -2.22. The van der Waals surface area contributed by atoms with Gasteiger partial charge in [-0.25, -0.2) is 0 Å². The molecule has 0 heterocycles. The highest BCUT2D eigenvalue weighted by atomic mass is 35.5. The third kappa shape index (κ3) is 3.33. The lowest BCUT2D eigenvalue weighted by molar-refractivity contribution is 0.0299. The molecule has 0 bridgehead atoms. The lowest BCUT2D eigenvalue weighted by atomic mass is 9.91. The molecule has 0 aromatic heterocycles. The maximum atomic E-state index is 10.2. The average Bonchev–Trinajstić information content (AvgIpc) is 2.39. The molecule has 0 fully saturated rings. The van der Waals surface area contributed by atoms with Crippen molar-refractivity contribution in [2.75, 3.05) is 6.61 Å². The first-order valence-corrected chi connectivity index (χ1v) is 7.09. The minimum Gasteiger partial charge on any atom is -0.396 e. The van der Waals surface area contributed by atoms with Crippen LogP contribution in [0.15, 0.2) is 42.5 Å². The van der Waals surface area contributed by atoms with Crippen LogP contribution in [0.25, 0.3) is 11.1 Å². The molecule has 0 saturated carbocycles. The Hall–Kier alpha value is -1.06. The molecule has 2 rings (SSSR count). The number of hydrogen-bond acceptors (Lipinski definition) is 2. The highest BCUT2D eigenvalue weighted by Gasteiger charge is 2.22. The van der Waals surface area contributed by atoms with E-state index >= 15 is 0 Å². The molecule has 2 nitrogen and oxygen atoms in total. The summed E-state index contributed by atoms with van der Waals surface area (Å²) in [6, 6.07) is 12.8. The number of halogens is 2. The molecular formula is C16H16Cl2O2. The SMILES string of the molecule is CC(O)(CCO)c1ccc(-c2ccc(Cl)cc2Cl)cc1. The summed E-state index contributed by atoms with van der Waals surface area (Å²) in [5.41, 5.74) is 1.58. The molecule has 4 heteroatoms. The van der Waals surface area contributed by atoms with Crippen molar-refractivity contribution in [2.45, 2.75) is 18.9 Å². The van der Waals surface area contributed by atoms with Crippen molar-refractivity contribution in [3.63, 3.8) is 0 Å². The van der Waals surface area contributed by atoms with Crippen LogP contribution in [0.4, 0.5) is 0 Å². The second kappa shape index (κ2) is 6.15. The fourth-order valence-corrected chi connectivity index (χ4v) is 2.61. The Morgan fingerprint density at radius 1 is 1.05 bits per heavy atom. The van der Waals surface area contributed by atoms with Gasteiger partial charge in [-0.15, -0.1) is 0 Å². The summed E-state index contributed by atoms with van der Waals surface area (Å²) >= 11 is 12.1. The Bertz CT molecular complexity index is 592. The smallest absolute Gasteiger partial charge is 0.0890 e. The monoisotopic (exact) mass is 310 g/mol. The summed E-state index contributed by atoms with van der Waals surface area (Å²) in [5.74, 6) is 0. The van der Waals surface area contributed by atoms with Crippen LogP contribution in [0.1, 0.15) is 18.9 Å². The first-order chi connectivity index (χ1) is 9.44. The van der Waals surface area contributed by atoms with E-state index in [2.05, 4.69) is 0 Å². The van der Waals surface area contributed by atoms with E-state index in [1.165, 1.54) is 0 Å². The molecule has 0 aliphatic rings. The predicted octanol–water partition coefficient (Wildman–Crippen LogP) is 4.25. The molecule has 0 saturated heterocycles. The first-order valence-electron chi connectivity index (χ1n) is 6.33. The van der Waals surface area contributed by atoms with Crippen LogP contribution in [0.5, 0.6) is 0 Å². The van der Waals surface area contributed by atoms with E-state index in [-0.39, 0.29) is 6.61 Å². The summed E-state index contributed by atoms with van der Waals surface area (Å²) in [6.45, 7) is 1.63. The van der Waals surface area contributed by atoms with E-state index in [1.54, 1.807) is 19.1 Å². The second-order valence-electron chi connectivity index (χ2n) is 4.95. The largest absolute Gasteiger partial charge is 0.396 e. The molecule has 0 radical (unpaired) electrons. The minimum absolute atomic E-state index is 0.0578. The van der Waals surface area contributed by atoms with Crippen molar-refractivity contribution in [3.8, 4) is 11.1 Å². The van der Waals surface area contributed by atoms with E-state index in [1.807, 2.05) is 30.3 Å². The molecule has 2 N–H and O–H groups in total. The summed E-state index contributed by atoms with van der Waals surface area (Å²) in [4.78, 5) is 0. The van der Waals surface area contributed by atoms with Crippen molar-refractivity contribution in [1.29, 1.82) is 0 Å². The third-order valence-corrected chi connectivity index (χ3v) is 3.90. The van der Waals surface area contributed by atoms with Crippen molar-refractivity contribution >= 4 is 23.2 Å². The fraction of sp³-hybridized carbons (Fsp3) is 0.250. The van der Waals surface area contributed by atoms with Gasteiger partial charge in [-0.3, -0.25) is 0 Å². The van der Waals surface area contributed by atoms with E-state index in [0.717, 1.165) is 16.7 Å². The Balaban J connectivity index is 2.33. The maximum Gasteiger partial charge on any atom is 0.0890 e. The minimum atomic E-state index is -1.03. The molecule has 0 aliphatic carbocycles. The van der Waals surface area contributed by atoms with Gasteiger partial charge in [-0.05, 0) is 30.2 Å². The van der Waals surface area contributed by atoms with Crippen molar-refractivity contribution in [3.05, 3.63) is 58.1 Å². The molecule has 0 amide bonds. The quantitative estimate of drug-likeness (QED) is 0.886. The molecule has 2 aromatic carbocycles. The van der Waals surface area contributed by atoms with Crippen LogP contribution < -0.4 is 0 Å². The van der Waals surface area contributed by atoms with Gasteiger partial charge >= 0.3 is 0 Å². The normalized spacial score (nSPS) is 14.1. The van der Waals surface area contributed by atoms with E-state index < -0.39 is 5.60 Å². The molecule has 106 valence electrons. The van der Waals surface area contributed by atoms with Gasteiger partial charge in [0.2, 0.25) is 0 Å². The van der Waals surface area contributed by atoms with Gasteiger partial charge < -0.3 is 10.2 Å². The fourth-order valence-electron chi connectivity index (χ4n) is 2.09. The summed E-state index contributed by atoms with van der Waals surface area (Å²) in [5, 5.41) is 20.4. The van der Waals surface area contributed by atoms with E-state index in [4.69, 9.17) is 28.3 Å². The highest BCUT2D eigenvalue weighted by Crippen LogP contribution is 2.32. The Kier molecular flexibility index (Phi) is 4.71. The number of aliphatic hydroxyl groups is 2. The van der Waals surface area contributed by atoms with Gasteiger partial charge in [0.1, 0.15) is 0 Å². The van der Waals surface area contributed by atoms with Crippen LogP contribution in [-0.2, 0) is 5.60 Å². The van der Waals surface area contributed by atoms with Crippen LogP contribution in [0.3, 0.4) is 0 Å². The predicted molar refractivity (Wildman–Crippen MR) is 83.2 cm³/mol. The Labute approximate surface area is 128 Å². The molecule has 0 spiro atoms. The average molecular weight is 311 g/mol. The zero-order valence-electron chi connectivity index (χ0n) is 11.1. The molecule has 20 heavy (non-hydrogen) atoms. The van der Waals surface area contributed by atoms with Gasteiger partial charge in [-0.1, -0.05) is 53.5 Å². The molecule has 2 aromatic rings. The van der Waals surface area contributed by atoms with E-state index in [9.17, 15) is 5.11 Å². The van der Waals surface area contributed by atoms with Crippen molar-refractivity contribution < 1.29 is 10.2 Å². The standard InChI is InChI=1S/C16H16Cl2O2/c1-16(20,8-9-19)12-4-2-11(3-5-12)14-7-6-13(17)10-15(14)18/h2-7,10,19-20H,8-9H2,1H3. The summed E-state index contributed by atoms with van der Waals surface area (Å²) in [6.07, 6.45) is 0.300. The van der Waals surface area contributed by atoms with Crippen LogP contribution in [0, 0.1) is 0 Å². The van der Waals surface area contributed by atoms with Crippen molar-refractivity contribution in [2.24, 2.45) is 0 Å². The number of benzene rings is 2. The second-order valence-corrected chi connectivity index (χ2v) is 5.79. The zero-order valence-corrected chi connectivity index (χ0v) is 12.6. The van der Waals surface area contributed by atoms with Gasteiger partial charge in [0, 0.05) is 28.6 Å². The Morgan fingerprint density at radius 2 is 1.70 bits per heavy atom. The number of aliphatic hydroxyl groups excluding tert-OH is 1. The molecule has 0 aliphatic heterocycles. The van der Waals surface area contributed by atoms with Crippen LogP contribution in [-0.4, -0.2) is 16.8 Å². The van der Waals surface area contributed by atoms with Gasteiger partial charge in [0.05, 0.1) is 5.60 Å². The highest BCUT2D eigenvalue weighted by molar-refractivity contribution is 6.36. The van der Waals surface area contributed by atoms with Crippen LogP contribution >= 0.6 is 23.2 Å². The van der Waals surface area contributed by atoms with Crippen LogP contribution in [0.2, 0.25) is 10.0 Å². The Morgan fingerprint density at radius 3 is 2.25 bits per heavy atom. The lowest BCUT2D eigenvalue weighted by Gasteiger charge is -2.23. The van der Waals surface area contributed by atoms with Gasteiger partial charge in [-0.2, -0.15) is 0 Å². The van der Waals surface area contributed by atoms with Crippen molar-refractivity contribution in [1.82, 2.24) is 0 Å². The first kappa shape index (κ1) is 15.3. The zero-order chi connectivity index (χ0) is 14.8. The van der Waals surface area contributed by atoms with E-state index in [0.29, 0.717) is 16.5 Å². The number of hydrogen-bond donors (Lipinski definition) is 2. The molecule has 1 atom stereocenters. The number of rotatable bonds is 4.